The van der Waals surface area contributed by atoms with Crippen molar-refractivity contribution >= 4 is 45.1 Å². The van der Waals surface area contributed by atoms with Gasteiger partial charge in [0.15, 0.2) is 22.7 Å². The second-order valence-corrected chi connectivity index (χ2v) is 14.1. The number of methoxy groups -OCH3 is 3. The number of aryl methyl sites for hydroxylation is 3. The highest BCUT2D eigenvalue weighted by Gasteiger charge is 2.21. The summed E-state index contributed by atoms with van der Waals surface area (Å²) in [5.74, 6) is -0.134. The number of anilines is 2. The van der Waals surface area contributed by atoms with Crippen molar-refractivity contribution < 1.29 is 28.2 Å². The Morgan fingerprint density at radius 1 is 0.759 bits per heavy atom. The summed E-state index contributed by atoms with van der Waals surface area (Å²) in [5.41, 5.74) is 6.98. The maximum Gasteiger partial charge on any atom is 0.291 e. The largest absolute Gasteiger partial charge is 0.495 e. The third-order valence-electron chi connectivity index (χ3n) is 9.97. The van der Waals surface area contributed by atoms with Gasteiger partial charge < -0.3 is 29.3 Å². The fraction of sp³-hybridized carbons (Fsp3) is 0.222. The average Bonchev–Trinajstić information content (AvgIpc) is 3.51. The van der Waals surface area contributed by atoms with Gasteiger partial charge in [-0.25, -0.2) is 0 Å². The molecule has 0 aliphatic rings. The summed E-state index contributed by atoms with van der Waals surface area (Å²) >= 11 is 0. The van der Waals surface area contributed by atoms with Crippen molar-refractivity contribution in [1.29, 1.82) is 0 Å². The van der Waals surface area contributed by atoms with Gasteiger partial charge >= 0.3 is 0 Å². The summed E-state index contributed by atoms with van der Waals surface area (Å²) < 4.78 is 24.1. The van der Waals surface area contributed by atoms with Gasteiger partial charge in [0.25, 0.3) is 11.8 Å². The van der Waals surface area contributed by atoms with Crippen LogP contribution in [0, 0.1) is 13.8 Å². The van der Waals surface area contributed by atoms with Crippen molar-refractivity contribution in [2.75, 3.05) is 38.5 Å². The minimum absolute atomic E-state index is 0.108. The highest BCUT2D eigenvalue weighted by molar-refractivity contribution is 6.12. The Labute approximate surface area is 335 Å². The maximum atomic E-state index is 13.8. The van der Waals surface area contributed by atoms with Crippen molar-refractivity contribution in [3.8, 4) is 17.2 Å². The van der Waals surface area contributed by atoms with Crippen LogP contribution < -0.4 is 30.3 Å². The van der Waals surface area contributed by atoms with E-state index in [-0.39, 0.29) is 28.0 Å². The second kappa shape index (κ2) is 17.0. The number of fused-ring (bicyclic) bond motifs is 2. The Morgan fingerprint density at radius 2 is 1.50 bits per heavy atom. The number of pyridine rings is 1. The summed E-state index contributed by atoms with van der Waals surface area (Å²) in [4.78, 5) is 46.8. The van der Waals surface area contributed by atoms with Crippen molar-refractivity contribution in [1.82, 2.24) is 19.7 Å². The lowest BCUT2D eigenvalue weighted by Gasteiger charge is -2.23. The molecule has 58 heavy (non-hydrogen) atoms. The van der Waals surface area contributed by atoms with Crippen LogP contribution in [-0.4, -0.2) is 59.4 Å². The van der Waals surface area contributed by atoms with E-state index in [0.717, 1.165) is 52.3 Å². The maximum absolute atomic E-state index is 13.8. The van der Waals surface area contributed by atoms with E-state index < -0.39 is 11.8 Å². The monoisotopic (exact) mass is 780 g/mol. The first-order valence-electron chi connectivity index (χ1n) is 18.7. The fourth-order valence-corrected chi connectivity index (χ4v) is 6.96. The van der Waals surface area contributed by atoms with Crippen LogP contribution in [-0.2, 0) is 26.6 Å². The minimum Gasteiger partial charge on any atom is -0.495 e. The Bertz CT molecular complexity index is 2700. The molecule has 4 aromatic carbocycles. The number of hydrogen-bond acceptors (Lipinski definition) is 10. The summed E-state index contributed by atoms with van der Waals surface area (Å²) in [6, 6.07) is 25.4. The van der Waals surface area contributed by atoms with Crippen LogP contribution >= 0.6 is 0 Å². The number of ether oxygens (including phenoxy) is 3. The van der Waals surface area contributed by atoms with Gasteiger partial charge in [0.05, 0.1) is 55.4 Å². The minimum atomic E-state index is -0.713. The summed E-state index contributed by atoms with van der Waals surface area (Å²) in [7, 11) is 6.50. The van der Waals surface area contributed by atoms with Crippen molar-refractivity contribution in [2.24, 2.45) is 7.05 Å². The van der Waals surface area contributed by atoms with Gasteiger partial charge in [-0.2, -0.15) is 5.10 Å². The molecule has 3 heterocycles. The first-order chi connectivity index (χ1) is 28.0. The highest BCUT2D eigenvalue weighted by atomic mass is 16.5. The third kappa shape index (κ3) is 8.69. The average molecular weight is 781 g/mol. The van der Waals surface area contributed by atoms with Crippen molar-refractivity contribution in [3.05, 3.63) is 147 Å². The summed E-state index contributed by atoms with van der Waals surface area (Å²) in [6.45, 7) is 6.02. The van der Waals surface area contributed by atoms with Gasteiger partial charge in [0.1, 0.15) is 11.3 Å². The van der Waals surface area contributed by atoms with Gasteiger partial charge in [-0.15, -0.1) is 0 Å². The lowest BCUT2D eigenvalue weighted by Crippen LogP contribution is -2.25. The molecule has 0 radical (unpaired) electrons. The zero-order valence-electron chi connectivity index (χ0n) is 33.2. The molecule has 7 aromatic rings. The molecular weight excluding hydrogens is 737 g/mol. The van der Waals surface area contributed by atoms with Crippen LogP contribution in [0.3, 0.4) is 0 Å². The number of amides is 2. The third-order valence-corrected chi connectivity index (χ3v) is 9.97. The Kier molecular flexibility index (Phi) is 11.5. The molecule has 0 fully saturated rings. The quantitative estimate of drug-likeness (QED) is 0.114. The lowest BCUT2D eigenvalue weighted by atomic mass is 10.1. The molecule has 0 saturated carbocycles. The molecule has 2 N–H and O–H groups in total. The van der Waals surface area contributed by atoms with Gasteiger partial charge in [-0.05, 0) is 85.5 Å². The molecule has 0 aliphatic heterocycles. The van der Waals surface area contributed by atoms with Crippen molar-refractivity contribution in [3.63, 3.8) is 0 Å². The molecule has 0 atom stereocenters. The predicted octanol–water partition coefficient (Wildman–Crippen LogP) is 7.47. The number of carbonyl (C=O) groups is 2. The molecule has 296 valence electrons. The topological polar surface area (TPSA) is 150 Å². The van der Waals surface area contributed by atoms with Gasteiger partial charge in [-0.3, -0.25) is 28.9 Å². The molecule has 0 aliphatic carbocycles. The van der Waals surface area contributed by atoms with Gasteiger partial charge in [0, 0.05) is 56.1 Å². The summed E-state index contributed by atoms with van der Waals surface area (Å²) in [5, 5.41) is 11.7. The SMILES string of the molecule is COc1cncc(CN(CCc2ccc(NC(=O)c3cc(OC)c(OC)cc3NC(=O)c3cc(=O)c4cc(C)ccc4o3)cc2)Cc2ccc3c(c2)c(C)nn3C)c1. The molecule has 0 unspecified atom stereocenters. The van der Waals surface area contributed by atoms with Crippen LogP contribution in [0.25, 0.3) is 21.9 Å². The van der Waals surface area contributed by atoms with E-state index in [1.54, 1.807) is 31.5 Å². The fourth-order valence-electron chi connectivity index (χ4n) is 6.96. The van der Waals surface area contributed by atoms with Crippen LogP contribution in [0.2, 0.25) is 0 Å². The first-order valence-corrected chi connectivity index (χ1v) is 18.7. The van der Waals surface area contributed by atoms with E-state index in [1.807, 2.05) is 62.1 Å². The molecule has 3 aromatic heterocycles. The Hall–Kier alpha value is -6.99. The van der Waals surface area contributed by atoms with E-state index in [2.05, 4.69) is 43.8 Å². The van der Waals surface area contributed by atoms with E-state index in [4.69, 9.17) is 18.6 Å². The molecule has 0 spiro atoms. The highest BCUT2D eigenvalue weighted by Crippen LogP contribution is 2.34. The molecule has 0 bridgehead atoms. The van der Waals surface area contributed by atoms with Crippen LogP contribution in [0.4, 0.5) is 11.4 Å². The van der Waals surface area contributed by atoms with Crippen LogP contribution in [0.1, 0.15) is 48.9 Å². The molecule has 0 saturated heterocycles. The lowest BCUT2D eigenvalue weighted by molar-refractivity contribution is 0.0997. The second-order valence-electron chi connectivity index (χ2n) is 14.1. The summed E-state index contributed by atoms with van der Waals surface area (Å²) in [6.07, 6.45) is 4.30. The van der Waals surface area contributed by atoms with Crippen LogP contribution in [0.15, 0.2) is 107 Å². The number of rotatable bonds is 14. The number of hydrogen-bond donors (Lipinski definition) is 2. The van der Waals surface area contributed by atoms with Gasteiger partial charge in [0.2, 0.25) is 0 Å². The smallest absolute Gasteiger partial charge is 0.291 e. The number of aromatic nitrogens is 3. The van der Waals surface area contributed by atoms with E-state index in [1.165, 1.54) is 31.9 Å². The number of carbonyl (C=O) groups excluding carboxylic acids is 2. The molecule has 13 nitrogen and oxygen atoms in total. The predicted molar refractivity (Wildman–Crippen MR) is 223 cm³/mol. The van der Waals surface area contributed by atoms with E-state index in [0.29, 0.717) is 41.4 Å². The zero-order chi connectivity index (χ0) is 40.9. The standard InChI is InChI=1S/C45H44N6O7/c1-27-7-14-40-36(17-27)39(52)22-43(58-40)45(54)48-37-21-42(57-6)41(56-5)20-35(37)44(53)47-32-11-8-29(9-12-32)15-16-51(26-31-18-33(55-4)24-46-23-31)25-30-10-13-38-34(19-30)28(2)49-50(38)3/h7-14,17-24H,15-16,25-26H2,1-6H3,(H,47,53)(H,48,54). The Balaban J connectivity index is 1.07. The normalized spacial score (nSPS) is 11.2. The molecule has 2 amide bonds. The Morgan fingerprint density at radius 3 is 2.26 bits per heavy atom. The van der Waals surface area contributed by atoms with E-state index in [9.17, 15) is 14.4 Å². The zero-order valence-corrected chi connectivity index (χ0v) is 33.2. The van der Waals surface area contributed by atoms with E-state index >= 15 is 0 Å². The molecule has 13 heteroatoms. The number of nitrogens with one attached hydrogen (secondary N) is 2. The number of nitrogens with zero attached hydrogens (tertiary/aromatic N) is 4. The van der Waals surface area contributed by atoms with Crippen LogP contribution in [0.5, 0.6) is 17.2 Å². The number of benzene rings is 4. The first kappa shape index (κ1) is 39.3. The molecular formula is C45H44N6O7. The van der Waals surface area contributed by atoms with Gasteiger partial charge in [-0.1, -0.05) is 29.8 Å². The van der Waals surface area contributed by atoms with Crippen molar-refractivity contribution in [2.45, 2.75) is 33.4 Å². The molecule has 7 rings (SSSR count).